The molecule has 10 heteroatoms. The van der Waals surface area contributed by atoms with Gasteiger partial charge in [0.25, 0.3) is 0 Å². The molecule has 4 atom stereocenters. The predicted molar refractivity (Wildman–Crippen MR) is 102 cm³/mol. The van der Waals surface area contributed by atoms with Crippen LogP contribution in [0.3, 0.4) is 0 Å². The second-order valence-corrected chi connectivity index (χ2v) is 6.23. The third-order valence-electron chi connectivity index (χ3n) is 3.78. The van der Waals surface area contributed by atoms with Crippen LogP contribution in [0.1, 0.15) is 25.3 Å². The normalized spacial score (nSPS) is 18.4. The van der Waals surface area contributed by atoms with Crippen LogP contribution in [0, 0.1) is 0 Å². The smallest absolute Gasteiger partial charge is 0.323 e. The SMILES string of the molecule is C[C@@H](O)[C@H](N)C(=O)O.N[C@@H](Cc1ccccc1)C(=O)O.O=C(O)[C@@H]1CCCN1. The molecule has 10 nitrogen and oxygen atoms in total. The highest BCUT2D eigenvalue weighted by Crippen LogP contribution is 2.03. The maximum absolute atomic E-state index is 10.4. The highest BCUT2D eigenvalue weighted by molar-refractivity contribution is 5.74. The van der Waals surface area contributed by atoms with Crippen molar-refractivity contribution in [2.75, 3.05) is 6.54 Å². The fourth-order valence-electron chi connectivity index (χ4n) is 2.06. The third kappa shape index (κ3) is 11.2. The fourth-order valence-corrected chi connectivity index (χ4v) is 2.06. The minimum absolute atomic E-state index is 0.269. The molecule has 2 rings (SSSR count). The van der Waals surface area contributed by atoms with Gasteiger partial charge >= 0.3 is 17.9 Å². The van der Waals surface area contributed by atoms with E-state index in [1.54, 1.807) is 0 Å². The summed E-state index contributed by atoms with van der Waals surface area (Å²) < 4.78 is 0. The predicted octanol–water partition coefficient (Wildman–Crippen LogP) is -0.757. The van der Waals surface area contributed by atoms with Gasteiger partial charge in [0.15, 0.2) is 0 Å². The molecule has 1 aromatic rings. The number of aliphatic hydroxyl groups is 1. The lowest BCUT2D eigenvalue weighted by atomic mass is 10.1. The zero-order valence-corrected chi connectivity index (χ0v) is 15.7. The number of hydrogen-bond donors (Lipinski definition) is 7. The van der Waals surface area contributed by atoms with Gasteiger partial charge in [0.2, 0.25) is 0 Å². The maximum Gasteiger partial charge on any atom is 0.323 e. The molecule has 0 radical (unpaired) electrons. The second-order valence-electron chi connectivity index (χ2n) is 6.23. The molecular weight excluding hydrogens is 370 g/mol. The maximum atomic E-state index is 10.4. The second kappa shape index (κ2) is 13.6. The van der Waals surface area contributed by atoms with Crippen LogP contribution in [0.2, 0.25) is 0 Å². The number of hydrogen-bond acceptors (Lipinski definition) is 7. The zero-order chi connectivity index (χ0) is 21.7. The molecule has 0 aromatic heterocycles. The average molecular weight is 399 g/mol. The fraction of sp³-hybridized carbons (Fsp3) is 0.500. The minimum atomic E-state index is -1.18. The van der Waals surface area contributed by atoms with Crippen LogP contribution in [0.15, 0.2) is 30.3 Å². The van der Waals surface area contributed by atoms with E-state index in [0.29, 0.717) is 6.42 Å². The molecule has 1 saturated heterocycles. The molecule has 1 aliphatic heterocycles. The van der Waals surface area contributed by atoms with Crippen LogP contribution in [-0.2, 0) is 20.8 Å². The quantitative estimate of drug-likeness (QED) is 0.319. The molecule has 0 spiro atoms. The van der Waals surface area contributed by atoms with Gasteiger partial charge in [-0.15, -0.1) is 0 Å². The van der Waals surface area contributed by atoms with Gasteiger partial charge < -0.3 is 37.2 Å². The van der Waals surface area contributed by atoms with Gasteiger partial charge in [0, 0.05) is 0 Å². The summed E-state index contributed by atoms with van der Waals surface area (Å²) in [5, 5.41) is 36.3. The standard InChI is InChI=1S/C9H11NO2.C5H9NO2.C4H9NO3/c10-8(9(11)12)6-7-4-2-1-3-5-7;7-5(8)4-2-1-3-6-4;1-2(6)3(5)4(7)8/h1-5,8H,6,10H2,(H,11,12);4,6H,1-3H2,(H,7,8);2-3,6H,5H2,1H3,(H,7,8)/t8-;4-;2-,3+/m001/s1. The number of carboxylic acids is 3. The van der Waals surface area contributed by atoms with Crippen molar-refractivity contribution >= 4 is 17.9 Å². The number of benzene rings is 1. The van der Waals surface area contributed by atoms with Crippen molar-refractivity contribution in [3.63, 3.8) is 0 Å². The summed E-state index contributed by atoms with van der Waals surface area (Å²) in [6.07, 6.45) is 1.19. The van der Waals surface area contributed by atoms with E-state index in [0.717, 1.165) is 24.9 Å². The van der Waals surface area contributed by atoms with Crippen LogP contribution >= 0.6 is 0 Å². The monoisotopic (exact) mass is 399 g/mol. The average Bonchev–Trinajstić information content (AvgIpc) is 3.17. The van der Waals surface area contributed by atoms with E-state index in [2.05, 4.69) is 5.32 Å². The molecule has 28 heavy (non-hydrogen) atoms. The molecular formula is C18H29N3O7. The van der Waals surface area contributed by atoms with Gasteiger partial charge in [0.1, 0.15) is 18.1 Å². The van der Waals surface area contributed by atoms with Crippen LogP contribution in [0.25, 0.3) is 0 Å². The molecule has 1 heterocycles. The molecule has 1 aromatic carbocycles. The zero-order valence-electron chi connectivity index (χ0n) is 15.7. The van der Waals surface area contributed by atoms with E-state index in [4.69, 9.17) is 31.9 Å². The number of carboxylic acid groups (broad SMARTS) is 3. The Morgan fingerprint density at radius 3 is 1.96 bits per heavy atom. The Kier molecular flexibility index (Phi) is 12.4. The van der Waals surface area contributed by atoms with E-state index in [9.17, 15) is 14.4 Å². The number of aliphatic hydroxyl groups excluding tert-OH is 1. The molecule has 0 saturated carbocycles. The number of carbonyl (C=O) groups is 3. The van der Waals surface area contributed by atoms with Gasteiger partial charge in [-0.3, -0.25) is 14.4 Å². The van der Waals surface area contributed by atoms with Crippen molar-refractivity contribution in [1.29, 1.82) is 0 Å². The van der Waals surface area contributed by atoms with Crippen molar-refractivity contribution in [2.45, 2.75) is 50.4 Å². The lowest BCUT2D eigenvalue weighted by molar-refractivity contribution is -0.141. The number of nitrogens with two attached hydrogens (primary N) is 2. The van der Waals surface area contributed by atoms with Gasteiger partial charge in [-0.05, 0) is 38.3 Å². The Balaban J connectivity index is 0.000000405. The van der Waals surface area contributed by atoms with Crippen LogP contribution in [0.4, 0.5) is 0 Å². The summed E-state index contributed by atoms with van der Waals surface area (Å²) in [4.78, 5) is 30.4. The van der Waals surface area contributed by atoms with Gasteiger partial charge in [-0.2, -0.15) is 0 Å². The topological polar surface area (TPSA) is 196 Å². The highest BCUT2D eigenvalue weighted by Gasteiger charge is 2.20. The number of nitrogens with one attached hydrogen (secondary N) is 1. The molecule has 0 unspecified atom stereocenters. The number of rotatable bonds is 6. The Bertz CT molecular complexity index is 592. The lowest BCUT2D eigenvalue weighted by Crippen LogP contribution is -2.39. The van der Waals surface area contributed by atoms with Crippen LogP contribution in [0.5, 0.6) is 0 Å². The molecule has 1 aliphatic rings. The van der Waals surface area contributed by atoms with Crippen LogP contribution in [-0.4, -0.2) is 69.1 Å². The molecule has 0 aliphatic carbocycles. The molecule has 0 bridgehead atoms. The van der Waals surface area contributed by atoms with Crippen LogP contribution < -0.4 is 16.8 Å². The Morgan fingerprint density at radius 1 is 1.11 bits per heavy atom. The van der Waals surface area contributed by atoms with E-state index in [-0.39, 0.29) is 6.04 Å². The van der Waals surface area contributed by atoms with Crippen molar-refractivity contribution in [3.05, 3.63) is 35.9 Å². The first-order chi connectivity index (χ1) is 13.1. The van der Waals surface area contributed by atoms with E-state index in [1.165, 1.54) is 6.92 Å². The highest BCUT2D eigenvalue weighted by atomic mass is 16.4. The largest absolute Gasteiger partial charge is 0.480 e. The first kappa shape index (κ1) is 25.5. The lowest BCUT2D eigenvalue weighted by Gasteiger charge is -2.06. The van der Waals surface area contributed by atoms with E-state index >= 15 is 0 Å². The minimum Gasteiger partial charge on any atom is -0.480 e. The van der Waals surface area contributed by atoms with Crippen molar-refractivity contribution in [2.24, 2.45) is 11.5 Å². The van der Waals surface area contributed by atoms with Crippen molar-refractivity contribution in [1.82, 2.24) is 5.32 Å². The third-order valence-corrected chi connectivity index (χ3v) is 3.78. The van der Waals surface area contributed by atoms with Crippen molar-refractivity contribution < 1.29 is 34.8 Å². The number of aliphatic carboxylic acids is 3. The summed E-state index contributed by atoms with van der Waals surface area (Å²) in [6, 6.07) is 7.12. The first-order valence-electron chi connectivity index (χ1n) is 8.71. The Labute approximate surface area is 163 Å². The summed E-state index contributed by atoms with van der Waals surface area (Å²) in [7, 11) is 0. The molecule has 9 N–H and O–H groups in total. The van der Waals surface area contributed by atoms with E-state index in [1.807, 2.05) is 30.3 Å². The summed E-state index contributed by atoms with van der Waals surface area (Å²) in [5.41, 5.74) is 11.2. The summed E-state index contributed by atoms with van der Waals surface area (Å²) in [5.74, 6) is -2.86. The summed E-state index contributed by atoms with van der Waals surface area (Å²) in [6.45, 7) is 2.19. The Hall–Kier alpha value is -2.53. The molecule has 1 fully saturated rings. The Morgan fingerprint density at radius 2 is 1.68 bits per heavy atom. The summed E-state index contributed by atoms with van der Waals surface area (Å²) >= 11 is 0. The van der Waals surface area contributed by atoms with Gasteiger partial charge in [0.05, 0.1) is 6.10 Å². The van der Waals surface area contributed by atoms with Crippen molar-refractivity contribution in [3.8, 4) is 0 Å². The van der Waals surface area contributed by atoms with Gasteiger partial charge in [-0.1, -0.05) is 30.3 Å². The van der Waals surface area contributed by atoms with Gasteiger partial charge in [-0.25, -0.2) is 0 Å². The molecule has 158 valence electrons. The first-order valence-corrected chi connectivity index (χ1v) is 8.71. The van der Waals surface area contributed by atoms with E-state index < -0.39 is 36.1 Å². The molecule has 0 amide bonds.